The van der Waals surface area contributed by atoms with Gasteiger partial charge in [-0.15, -0.1) is 0 Å². The van der Waals surface area contributed by atoms with Gasteiger partial charge in [-0.25, -0.2) is 0 Å². The number of hydrogen-bond donors (Lipinski definition) is 1. The van der Waals surface area contributed by atoms with E-state index in [0.717, 1.165) is 11.3 Å². The molecule has 1 unspecified atom stereocenters. The van der Waals surface area contributed by atoms with Crippen LogP contribution in [-0.4, -0.2) is 26.4 Å². The summed E-state index contributed by atoms with van der Waals surface area (Å²) in [6, 6.07) is 6.60. The molecule has 0 saturated heterocycles. The van der Waals surface area contributed by atoms with Gasteiger partial charge in [-0.05, 0) is 50.7 Å². The largest absolute Gasteiger partial charge is 0.544 e. The van der Waals surface area contributed by atoms with Gasteiger partial charge in [0.15, 0.2) is 0 Å². The minimum Gasteiger partial charge on any atom is -0.544 e. The van der Waals surface area contributed by atoms with E-state index in [0.29, 0.717) is 6.42 Å². The molecule has 1 N–H and O–H groups in total. The number of alkyl halides is 3. The van der Waals surface area contributed by atoms with Crippen molar-refractivity contribution in [3.63, 3.8) is 0 Å². The molecule has 0 aliphatic carbocycles. The van der Waals surface area contributed by atoms with Gasteiger partial charge in [-0.2, -0.15) is 13.2 Å². The summed E-state index contributed by atoms with van der Waals surface area (Å²) in [4.78, 5) is 10.8. The lowest BCUT2D eigenvalue weighted by atomic mass is 10.1. The summed E-state index contributed by atoms with van der Waals surface area (Å²) in [6.45, 7) is 7.73. The highest BCUT2D eigenvalue weighted by Crippen LogP contribution is 2.18. The van der Waals surface area contributed by atoms with E-state index in [2.05, 4.69) is 19.6 Å². The summed E-state index contributed by atoms with van der Waals surface area (Å²) in [5.41, 5.74) is 0.841. The third-order valence-corrected chi connectivity index (χ3v) is 3.37. The molecule has 0 radical (unpaired) electrons. The van der Waals surface area contributed by atoms with Crippen LogP contribution in [0.4, 0.5) is 13.2 Å². The molecule has 1 amide bonds. The molecule has 3 nitrogen and oxygen atoms in total. The molecule has 0 spiro atoms. The lowest BCUT2D eigenvalue weighted by Crippen LogP contribution is -2.42. The van der Waals surface area contributed by atoms with Gasteiger partial charge in [0.2, 0.25) is 8.32 Å². The molecule has 0 aliphatic heterocycles. The molecule has 1 aromatic carbocycles. The molecule has 0 fully saturated rings. The summed E-state index contributed by atoms with van der Waals surface area (Å²) in [5, 5.41) is 1.93. The van der Waals surface area contributed by atoms with Crippen molar-refractivity contribution in [2.75, 3.05) is 0 Å². The lowest BCUT2D eigenvalue weighted by Gasteiger charge is -2.19. The summed E-state index contributed by atoms with van der Waals surface area (Å²) in [5.74, 6) is -1.15. The van der Waals surface area contributed by atoms with Gasteiger partial charge in [-0.1, -0.05) is 12.1 Å². The second-order valence-electron chi connectivity index (χ2n) is 5.93. The van der Waals surface area contributed by atoms with Crippen LogP contribution in [0.3, 0.4) is 0 Å². The van der Waals surface area contributed by atoms with Crippen molar-refractivity contribution in [1.82, 2.24) is 5.32 Å². The van der Waals surface area contributed by atoms with Crippen molar-refractivity contribution in [2.24, 2.45) is 0 Å². The van der Waals surface area contributed by atoms with Crippen molar-refractivity contribution in [3.8, 4) is 5.75 Å². The van der Waals surface area contributed by atoms with Crippen LogP contribution in [0.25, 0.3) is 0 Å². The van der Waals surface area contributed by atoms with Gasteiger partial charge in [0.25, 0.3) is 0 Å². The molecule has 0 aliphatic rings. The van der Waals surface area contributed by atoms with Gasteiger partial charge in [0.1, 0.15) is 5.75 Å². The van der Waals surface area contributed by atoms with Gasteiger partial charge in [-0.3, -0.25) is 4.79 Å². The molecule has 0 aromatic heterocycles. The Kier molecular flexibility index (Phi) is 5.44. The van der Waals surface area contributed by atoms with Gasteiger partial charge >= 0.3 is 12.1 Å². The maximum absolute atomic E-state index is 12.1. The van der Waals surface area contributed by atoms with E-state index >= 15 is 0 Å². The molecule has 1 rings (SSSR count). The van der Waals surface area contributed by atoms with Gasteiger partial charge in [0.05, 0.1) is 0 Å². The first-order chi connectivity index (χ1) is 9.47. The quantitative estimate of drug-likeness (QED) is 0.844. The molecule has 21 heavy (non-hydrogen) atoms. The first kappa shape index (κ1) is 17.5. The van der Waals surface area contributed by atoms with E-state index in [1.807, 2.05) is 5.32 Å². The highest BCUT2D eigenvalue weighted by molar-refractivity contribution is 6.70. The number of nitrogens with one attached hydrogen (secondary N) is 1. The van der Waals surface area contributed by atoms with Crippen molar-refractivity contribution in [2.45, 2.75) is 45.2 Å². The Labute approximate surface area is 123 Å². The first-order valence-corrected chi connectivity index (χ1v) is 10.0. The topological polar surface area (TPSA) is 38.3 Å². The summed E-state index contributed by atoms with van der Waals surface area (Å²) in [6.07, 6.45) is -4.52. The van der Waals surface area contributed by atoms with Gasteiger partial charge in [0, 0.05) is 6.04 Å². The molecule has 0 saturated carbocycles. The third kappa shape index (κ3) is 6.66. The zero-order chi connectivity index (χ0) is 16.3. The van der Waals surface area contributed by atoms with Crippen molar-refractivity contribution in [3.05, 3.63) is 29.8 Å². The second kappa shape index (κ2) is 6.51. The summed E-state index contributed by atoms with van der Waals surface area (Å²) in [7, 11) is -1.67. The fourth-order valence-electron chi connectivity index (χ4n) is 1.76. The smallest absolute Gasteiger partial charge is 0.471 e. The average molecular weight is 319 g/mol. The van der Waals surface area contributed by atoms with Crippen LogP contribution in [0.15, 0.2) is 24.3 Å². The average Bonchev–Trinajstić information content (AvgIpc) is 2.28. The number of benzene rings is 1. The van der Waals surface area contributed by atoms with Crippen LogP contribution in [0.5, 0.6) is 5.75 Å². The zero-order valence-corrected chi connectivity index (χ0v) is 13.5. The molecular weight excluding hydrogens is 299 g/mol. The van der Waals surface area contributed by atoms with Crippen molar-refractivity contribution in [1.29, 1.82) is 0 Å². The second-order valence-corrected chi connectivity index (χ2v) is 10.4. The predicted molar refractivity (Wildman–Crippen MR) is 77.8 cm³/mol. The van der Waals surface area contributed by atoms with Crippen LogP contribution < -0.4 is 9.74 Å². The number of carbonyl (C=O) groups excluding carboxylic acids is 1. The van der Waals surface area contributed by atoms with Crippen LogP contribution in [0, 0.1) is 0 Å². The molecule has 1 aromatic rings. The van der Waals surface area contributed by atoms with E-state index in [-0.39, 0.29) is 0 Å². The minimum atomic E-state index is -4.84. The van der Waals surface area contributed by atoms with Crippen molar-refractivity contribution >= 4 is 14.2 Å². The van der Waals surface area contributed by atoms with Crippen LogP contribution >= 0.6 is 0 Å². The zero-order valence-electron chi connectivity index (χ0n) is 12.5. The fraction of sp³-hybridized carbons (Fsp3) is 0.500. The predicted octanol–water partition coefficient (Wildman–Crippen LogP) is 3.51. The number of halogens is 3. The monoisotopic (exact) mass is 319 g/mol. The Morgan fingerprint density at radius 3 is 2.19 bits per heavy atom. The number of carbonyl (C=O) groups is 1. The highest BCUT2D eigenvalue weighted by Gasteiger charge is 2.39. The Balaban J connectivity index is 2.58. The maximum atomic E-state index is 12.1. The Hall–Kier alpha value is -1.50. The summed E-state index contributed by atoms with van der Waals surface area (Å²) >= 11 is 0. The van der Waals surface area contributed by atoms with Crippen molar-refractivity contribution < 1.29 is 22.4 Å². The van der Waals surface area contributed by atoms with E-state index < -0.39 is 26.4 Å². The SMILES string of the molecule is CC(Cc1ccc(O[Si](C)(C)C)cc1)NC(=O)C(F)(F)F. The van der Waals surface area contributed by atoms with E-state index in [1.165, 1.54) is 6.92 Å². The normalized spacial score (nSPS) is 13.7. The first-order valence-electron chi connectivity index (χ1n) is 6.63. The maximum Gasteiger partial charge on any atom is 0.471 e. The molecule has 7 heteroatoms. The molecular formula is C14H20F3NO2Si. The molecule has 0 heterocycles. The standard InChI is InChI=1S/C14H20F3NO2Si/c1-10(18-13(19)14(15,16)17)9-11-5-7-12(8-6-11)20-21(2,3)4/h5-8,10H,9H2,1-4H3,(H,18,19). The molecule has 118 valence electrons. The highest BCUT2D eigenvalue weighted by atomic mass is 28.4. The Morgan fingerprint density at radius 1 is 1.24 bits per heavy atom. The Morgan fingerprint density at radius 2 is 1.76 bits per heavy atom. The van der Waals surface area contributed by atoms with Gasteiger partial charge < -0.3 is 9.74 Å². The molecule has 0 bridgehead atoms. The van der Waals surface area contributed by atoms with Crippen LogP contribution in [0.1, 0.15) is 12.5 Å². The number of rotatable bonds is 5. The molecule has 1 atom stereocenters. The van der Waals surface area contributed by atoms with E-state index in [9.17, 15) is 18.0 Å². The van der Waals surface area contributed by atoms with E-state index in [1.54, 1.807) is 24.3 Å². The fourth-order valence-corrected chi connectivity index (χ4v) is 2.60. The summed E-state index contributed by atoms with van der Waals surface area (Å²) < 4.78 is 42.2. The van der Waals surface area contributed by atoms with E-state index in [4.69, 9.17) is 4.43 Å². The number of hydrogen-bond acceptors (Lipinski definition) is 2. The lowest BCUT2D eigenvalue weighted by molar-refractivity contribution is -0.174. The Bertz CT molecular complexity index is 480. The minimum absolute atomic E-state index is 0.328. The van der Waals surface area contributed by atoms with Crippen LogP contribution in [-0.2, 0) is 11.2 Å². The third-order valence-electron chi connectivity index (χ3n) is 2.52. The van der Waals surface area contributed by atoms with Crippen LogP contribution in [0.2, 0.25) is 19.6 Å². The number of amides is 1.